The second-order valence-electron chi connectivity index (χ2n) is 5.35. The van der Waals surface area contributed by atoms with Crippen LogP contribution in [0.15, 0.2) is 29.2 Å². The van der Waals surface area contributed by atoms with Crippen LogP contribution in [0, 0.1) is 5.41 Å². The molecule has 0 aliphatic heterocycles. The zero-order valence-electron chi connectivity index (χ0n) is 11.2. The van der Waals surface area contributed by atoms with Crippen molar-refractivity contribution >= 4 is 21.6 Å². The Morgan fingerprint density at radius 2 is 1.89 bits per heavy atom. The summed E-state index contributed by atoms with van der Waals surface area (Å²) in [5, 5.41) is 0. The maximum atomic E-state index is 12.1. The molecule has 0 bridgehead atoms. The molecule has 1 aromatic carbocycles. The van der Waals surface area contributed by atoms with Crippen molar-refractivity contribution in [3.05, 3.63) is 29.8 Å². The Balaban J connectivity index is 2.02. The standard InChI is InChI=1S/C14H20ClNO2S/c1-2-3-12-4-6-13(7-5-12)19(17,18)16-11-14(10-15)8-9-14/h4-7,16H,2-3,8-11H2,1H3. The average molecular weight is 302 g/mol. The first-order chi connectivity index (χ1) is 9.01. The van der Waals surface area contributed by atoms with Gasteiger partial charge in [0.15, 0.2) is 0 Å². The molecule has 0 heterocycles. The molecule has 1 aromatic rings. The van der Waals surface area contributed by atoms with Crippen molar-refractivity contribution in [2.75, 3.05) is 12.4 Å². The Hall–Kier alpha value is -0.580. The molecule has 0 aromatic heterocycles. The van der Waals surface area contributed by atoms with E-state index < -0.39 is 10.0 Å². The number of benzene rings is 1. The predicted molar refractivity (Wildman–Crippen MR) is 78.0 cm³/mol. The molecule has 0 amide bonds. The van der Waals surface area contributed by atoms with E-state index in [2.05, 4.69) is 11.6 Å². The number of alkyl halides is 1. The lowest BCUT2D eigenvalue weighted by Crippen LogP contribution is -2.31. The van der Waals surface area contributed by atoms with Gasteiger partial charge in [0.1, 0.15) is 0 Å². The van der Waals surface area contributed by atoms with Crippen molar-refractivity contribution in [2.24, 2.45) is 5.41 Å². The van der Waals surface area contributed by atoms with Crippen molar-refractivity contribution in [1.29, 1.82) is 0 Å². The molecule has 3 nitrogen and oxygen atoms in total. The smallest absolute Gasteiger partial charge is 0.211 e. The van der Waals surface area contributed by atoms with Crippen LogP contribution >= 0.6 is 11.6 Å². The maximum absolute atomic E-state index is 12.1. The Kier molecular flexibility index (Phi) is 4.54. The van der Waals surface area contributed by atoms with Crippen LogP contribution in [0.1, 0.15) is 31.7 Å². The van der Waals surface area contributed by atoms with Crippen molar-refractivity contribution in [1.82, 2.24) is 4.72 Å². The molecule has 0 saturated heterocycles. The lowest BCUT2D eigenvalue weighted by Gasteiger charge is -2.13. The first-order valence-electron chi connectivity index (χ1n) is 6.66. The van der Waals surface area contributed by atoms with Crippen LogP contribution in [0.4, 0.5) is 0 Å². The zero-order valence-corrected chi connectivity index (χ0v) is 12.7. The Bertz CT molecular complexity index is 521. The van der Waals surface area contributed by atoms with E-state index in [9.17, 15) is 8.42 Å². The summed E-state index contributed by atoms with van der Waals surface area (Å²) in [5.41, 5.74) is 1.16. The van der Waals surface area contributed by atoms with Crippen LogP contribution in [0.25, 0.3) is 0 Å². The average Bonchev–Trinajstić information content (AvgIpc) is 3.18. The highest BCUT2D eigenvalue weighted by Gasteiger charge is 2.42. The highest BCUT2D eigenvalue weighted by Crippen LogP contribution is 2.46. The monoisotopic (exact) mass is 301 g/mol. The molecule has 0 atom stereocenters. The fraction of sp³-hybridized carbons (Fsp3) is 0.571. The quantitative estimate of drug-likeness (QED) is 0.787. The van der Waals surface area contributed by atoms with Crippen molar-refractivity contribution in [2.45, 2.75) is 37.5 Å². The van der Waals surface area contributed by atoms with Gasteiger partial charge >= 0.3 is 0 Å². The molecule has 5 heteroatoms. The molecule has 2 rings (SSSR count). The van der Waals surface area contributed by atoms with Crippen LogP contribution in [0.3, 0.4) is 0 Å². The molecule has 0 unspecified atom stereocenters. The summed E-state index contributed by atoms with van der Waals surface area (Å²) in [7, 11) is -3.40. The molecule has 1 aliphatic carbocycles. The van der Waals surface area contributed by atoms with E-state index in [1.165, 1.54) is 5.56 Å². The summed E-state index contributed by atoms with van der Waals surface area (Å²) in [6.07, 6.45) is 4.05. The minimum absolute atomic E-state index is 0.00320. The third-order valence-corrected chi connectivity index (χ3v) is 5.63. The summed E-state index contributed by atoms with van der Waals surface area (Å²) in [6, 6.07) is 7.11. The SMILES string of the molecule is CCCc1ccc(S(=O)(=O)NCC2(CCl)CC2)cc1. The van der Waals surface area contributed by atoms with E-state index in [0.29, 0.717) is 17.3 Å². The number of hydrogen-bond acceptors (Lipinski definition) is 2. The summed E-state index contributed by atoms with van der Waals surface area (Å²) < 4.78 is 26.9. The molecule has 1 saturated carbocycles. The summed E-state index contributed by atoms with van der Waals surface area (Å²) in [6.45, 7) is 2.54. The predicted octanol–water partition coefficient (Wildman–Crippen LogP) is 2.94. The van der Waals surface area contributed by atoms with Gasteiger partial charge in [-0.15, -0.1) is 11.6 Å². The second-order valence-corrected chi connectivity index (χ2v) is 7.39. The Labute approximate surface area is 120 Å². The van der Waals surface area contributed by atoms with Gasteiger partial charge in [-0.1, -0.05) is 25.5 Å². The molecular weight excluding hydrogens is 282 g/mol. The van der Waals surface area contributed by atoms with E-state index >= 15 is 0 Å². The van der Waals surface area contributed by atoms with Crippen LogP contribution in [-0.2, 0) is 16.4 Å². The first-order valence-corrected chi connectivity index (χ1v) is 8.68. The number of rotatable bonds is 7. The third kappa shape index (κ3) is 3.71. The van der Waals surface area contributed by atoms with Crippen LogP contribution in [0.2, 0.25) is 0 Å². The van der Waals surface area contributed by atoms with Gasteiger partial charge in [0.25, 0.3) is 0 Å². The number of hydrogen-bond donors (Lipinski definition) is 1. The molecule has 1 N–H and O–H groups in total. The van der Waals surface area contributed by atoms with Gasteiger partial charge in [0.2, 0.25) is 10.0 Å². The zero-order chi connectivity index (χ0) is 13.9. The molecule has 0 spiro atoms. The molecule has 19 heavy (non-hydrogen) atoms. The molecule has 0 radical (unpaired) electrons. The number of nitrogens with one attached hydrogen (secondary N) is 1. The molecule has 1 aliphatic rings. The van der Waals surface area contributed by atoms with Gasteiger partial charge in [-0.2, -0.15) is 0 Å². The fourth-order valence-electron chi connectivity index (χ4n) is 1.99. The molecule has 1 fully saturated rings. The normalized spacial score (nSPS) is 17.4. The van der Waals surface area contributed by atoms with Crippen molar-refractivity contribution in [3.8, 4) is 0 Å². The lowest BCUT2D eigenvalue weighted by atomic mass is 10.1. The van der Waals surface area contributed by atoms with E-state index in [1.807, 2.05) is 12.1 Å². The number of halogens is 1. The minimum atomic E-state index is -3.40. The highest BCUT2D eigenvalue weighted by atomic mass is 35.5. The van der Waals surface area contributed by atoms with E-state index in [0.717, 1.165) is 25.7 Å². The van der Waals surface area contributed by atoms with Crippen LogP contribution < -0.4 is 4.72 Å². The Morgan fingerprint density at radius 1 is 1.26 bits per heavy atom. The van der Waals surface area contributed by atoms with Gasteiger partial charge in [-0.25, -0.2) is 13.1 Å². The molecule has 106 valence electrons. The van der Waals surface area contributed by atoms with Gasteiger partial charge in [-0.3, -0.25) is 0 Å². The first kappa shape index (κ1) is 14.8. The topological polar surface area (TPSA) is 46.2 Å². The molecular formula is C14H20ClNO2S. The van der Waals surface area contributed by atoms with Crippen molar-refractivity contribution in [3.63, 3.8) is 0 Å². The van der Waals surface area contributed by atoms with Gasteiger partial charge in [0.05, 0.1) is 4.90 Å². The number of aryl methyl sites for hydroxylation is 1. The highest BCUT2D eigenvalue weighted by molar-refractivity contribution is 7.89. The fourth-order valence-corrected chi connectivity index (χ4v) is 3.51. The largest absolute Gasteiger partial charge is 0.240 e. The minimum Gasteiger partial charge on any atom is -0.211 e. The maximum Gasteiger partial charge on any atom is 0.240 e. The summed E-state index contributed by atoms with van der Waals surface area (Å²) in [5.74, 6) is 0.519. The van der Waals surface area contributed by atoms with Gasteiger partial charge < -0.3 is 0 Å². The van der Waals surface area contributed by atoms with Gasteiger partial charge in [0, 0.05) is 12.4 Å². The summed E-state index contributed by atoms with van der Waals surface area (Å²) >= 11 is 5.85. The number of sulfonamides is 1. The Morgan fingerprint density at radius 3 is 2.37 bits per heavy atom. The lowest BCUT2D eigenvalue weighted by molar-refractivity contribution is 0.534. The van der Waals surface area contributed by atoms with Gasteiger partial charge in [-0.05, 0) is 42.4 Å². The van der Waals surface area contributed by atoms with E-state index in [4.69, 9.17) is 11.6 Å². The third-order valence-electron chi connectivity index (χ3n) is 3.65. The van der Waals surface area contributed by atoms with Crippen molar-refractivity contribution < 1.29 is 8.42 Å². The van der Waals surface area contributed by atoms with Crippen LogP contribution in [0.5, 0.6) is 0 Å². The second kappa shape index (κ2) is 5.81. The van der Waals surface area contributed by atoms with E-state index in [-0.39, 0.29) is 5.41 Å². The summed E-state index contributed by atoms with van der Waals surface area (Å²) in [4.78, 5) is 0.331. The van der Waals surface area contributed by atoms with Crippen LogP contribution in [-0.4, -0.2) is 20.8 Å². The van der Waals surface area contributed by atoms with E-state index in [1.54, 1.807) is 12.1 Å².